The third-order valence-corrected chi connectivity index (χ3v) is 5.95. The summed E-state index contributed by atoms with van der Waals surface area (Å²) in [7, 11) is 1.67. The third-order valence-electron chi connectivity index (χ3n) is 5.95. The molecule has 3 heterocycles. The van der Waals surface area contributed by atoms with Gasteiger partial charge in [0, 0.05) is 32.4 Å². The number of ether oxygens (including phenoxy) is 1. The van der Waals surface area contributed by atoms with E-state index in [1.807, 2.05) is 35.8 Å². The maximum atomic E-state index is 13.8. The van der Waals surface area contributed by atoms with Gasteiger partial charge in [-0.05, 0) is 55.7 Å². The molecule has 0 amide bonds. The van der Waals surface area contributed by atoms with E-state index in [2.05, 4.69) is 32.0 Å². The SMILES string of the molecule is CCc1nc2c(c(=O)n1CCCOC)c1nc3ccccc3nc1n2-c1cc(C)cc(C)c1. The minimum atomic E-state index is -0.0781. The van der Waals surface area contributed by atoms with E-state index in [0.717, 1.165) is 40.1 Å². The monoisotopic (exact) mass is 441 g/mol. The van der Waals surface area contributed by atoms with Gasteiger partial charge in [0.2, 0.25) is 0 Å². The van der Waals surface area contributed by atoms with Crippen molar-refractivity contribution in [2.45, 2.75) is 40.2 Å². The minimum Gasteiger partial charge on any atom is -0.385 e. The van der Waals surface area contributed by atoms with Gasteiger partial charge in [0.05, 0.1) is 11.0 Å². The Balaban J connectivity index is 1.93. The molecule has 168 valence electrons. The molecule has 0 bridgehead atoms. The summed E-state index contributed by atoms with van der Waals surface area (Å²) in [5.41, 5.74) is 6.51. The van der Waals surface area contributed by atoms with Gasteiger partial charge in [0.25, 0.3) is 5.56 Å². The van der Waals surface area contributed by atoms with Gasteiger partial charge >= 0.3 is 0 Å². The molecule has 0 aliphatic carbocycles. The number of para-hydroxylation sites is 2. The number of hydrogen-bond donors (Lipinski definition) is 0. The van der Waals surface area contributed by atoms with Crippen LogP contribution < -0.4 is 5.56 Å². The van der Waals surface area contributed by atoms with Crippen molar-refractivity contribution in [2.24, 2.45) is 0 Å². The quantitative estimate of drug-likeness (QED) is 0.363. The number of methoxy groups -OCH3 is 1. The Kier molecular flexibility index (Phi) is 5.42. The Labute approximate surface area is 191 Å². The number of aryl methyl sites for hydroxylation is 3. The van der Waals surface area contributed by atoms with Crippen LogP contribution in [-0.4, -0.2) is 37.8 Å². The topological polar surface area (TPSA) is 74.8 Å². The molecule has 7 heteroatoms. The third kappa shape index (κ3) is 3.58. The molecule has 0 atom stereocenters. The van der Waals surface area contributed by atoms with Crippen LogP contribution in [0.25, 0.3) is 38.9 Å². The second-order valence-corrected chi connectivity index (χ2v) is 8.45. The first-order valence-corrected chi connectivity index (χ1v) is 11.3. The molecular formula is C26H27N5O2. The van der Waals surface area contributed by atoms with E-state index in [9.17, 15) is 4.79 Å². The van der Waals surface area contributed by atoms with Gasteiger partial charge in [-0.1, -0.05) is 25.1 Å². The first kappa shape index (κ1) is 21.3. The smallest absolute Gasteiger partial charge is 0.265 e. The maximum Gasteiger partial charge on any atom is 0.265 e. The minimum absolute atomic E-state index is 0.0781. The molecule has 0 aliphatic rings. The molecule has 33 heavy (non-hydrogen) atoms. The standard InChI is InChI=1S/C26H27N5O2/c1-5-21-29-24-22(26(32)30(21)11-8-12-33-4)23-25(28-20-10-7-6-9-19(20)27-23)31(24)18-14-16(2)13-17(3)15-18/h6-7,9-10,13-15H,5,8,11-12H2,1-4H3. The largest absolute Gasteiger partial charge is 0.385 e. The number of rotatable bonds is 6. The highest BCUT2D eigenvalue weighted by Crippen LogP contribution is 2.29. The molecule has 7 nitrogen and oxygen atoms in total. The van der Waals surface area contributed by atoms with Crippen molar-refractivity contribution in [3.63, 3.8) is 0 Å². The molecule has 0 unspecified atom stereocenters. The molecule has 0 saturated carbocycles. The average molecular weight is 442 g/mol. The van der Waals surface area contributed by atoms with Gasteiger partial charge in [-0.3, -0.25) is 13.9 Å². The number of hydrogen-bond acceptors (Lipinski definition) is 5. The Bertz CT molecular complexity index is 1540. The van der Waals surface area contributed by atoms with Crippen LogP contribution in [0, 0.1) is 13.8 Å². The van der Waals surface area contributed by atoms with Gasteiger partial charge < -0.3 is 4.74 Å². The summed E-state index contributed by atoms with van der Waals surface area (Å²) < 4.78 is 8.96. The van der Waals surface area contributed by atoms with Crippen LogP contribution >= 0.6 is 0 Å². The highest BCUT2D eigenvalue weighted by Gasteiger charge is 2.22. The Hall–Kier alpha value is -3.58. The van der Waals surface area contributed by atoms with Crippen LogP contribution in [0.4, 0.5) is 0 Å². The fourth-order valence-corrected chi connectivity index (χ4v) is 4.56. The Morgan fingerprint density at radius 1 is 0.939 bits per heavy atom. The molecule has 0 spiro atoms. The van der Waals surface area contributed by atoms with Crippen LogP contribution in [-0.2, 0) is 17.7 Å². The van der Waals surface area contributed by atoms with Gasteiger partial charge in [-0.15, -0.1) is 0 Å². The number of fused-ring (bicyclic) bond motifs is 4. The zero-order valence-corrected chi connectivity index (χ0v) is 19.4. The molecule has 0 saturated heterocycles. The normalized spacial score (nSPS) is 11.8. The number of nitrogens with zero attached hydrogens (tertiary/aromatic N) is 5. The van der Waals surface area contributed by atoms with Crippen molar-refractivity contribution in [2.75, 3.05) is 13.7 Å². The van der Waals surface area contributed by atoms with Crippen LogP contribution in [0.1, 0.15) is 30.3 Å². The molecule has 0 radical (unpaired) electrons. The lowest BCUT2D eigenvalue weighted by Crippen LogP contribution is -2.26. The maximum absolute atomic E-state index is 13.8. The van der Waals surface area contributed by atoms with Crippen molar-refractivity contribution in [1.82, 2.24) is 24.1 Å². The van der Waals surface area contributed by atoms with Crippen molar-refractivity contribution < 1.29 is 4.74 Å². The Morgan fingerprint density at radius 3 is 2.30 bits per heavy atom. The van der Waals surface area contributed by atoms with E-state index >= 15 is 0 Å². The molecule has 0 aliphatic heterocycles. The highest BCUT2D eigenvalue weighted by molar-refractivity contribution is 6.05. The second-order valence-electron chi connectivity index (χ2n) is 8.45. The molecule has 2 aromatic carbocycles. The van der Waals surface area contributed by atoms with Crippen molar-refractivity contribution in [3.05, 3.63) is 69.8 Å². The van der Waals surface area contributed by atoms with E-state index in [4.69, 9.17) is 19.7 Å². The fourth-order valence-electron chi connectivity index (χ4n) is 4.56. The summed E-state index contributed by atoms with van der Waals surface area (Å²) in [6, 6.07) is 14.1. The summed E-state index contributed by atoms with van der Waals surface area (Å²) in [5, 5.41) is 0.511. The van der Waals surface area contributed by atoms with Gasteiger partial charge in [-0.2, -0.15) is 0 Å². The fraction of sp³-hybridized carbons (Fsp3) is 0.308. The second kappa shape index (κ2) is 8.41. The molecule has 3 aromatic heterocycles. The molecule has 0 N–H and O–H groups in total. The highest BCUT2D eigenvalue weighted by atomic mass is 16.5. The lowest BCUT2D eigenvalue weighted by Gasteiger charge is -2.13. The molecule has 5 aromatic rings. The molecule has 5 rings (SSSR count). The van der Waals surface area contributed by atoms with Crippen molar-refractivity contribution >= 4 is 33.2 Å². The van der Waals surface area contributed by atoms with E-state index in [1.54, 1.807) is 11.7 Å². The lowest BCUT2D eigenvalue weighted by atomic mass is 10.1. The number of aromatic nitrogens is 5. The zero-order chi connectivity index (χ0) is 23.1. The lowest BCUT2D eigenvalue weighted by molar-refractivity contribution is 0.189. The summed E-state index contributed by atoms with van der Waals surface area (Å²) in [6.07, 6.45) is 1.39. The molecular weight excluding hydrogens is 414 g/mol. The first-order chi connectivity index (χ1) is 16.0. The van der Waals surface area contributed by atoms with E-state index < -0.39 is 0 Å². The zero-order valence-electron chi connectivity index (χ0n) is 19.4. The van der Waals surface area contributed by atoms with Crippen molar-refractivity contribution in [1.29, 1.82) is 0 Å². The van der Waals surface area contributed by atoms with E-state index in [-0.39, 0.29) is 5.56 Å². The molecule has 0 fully saturated rings. The van der Waals surface area contributed by atoms with Crippen LogP contribution in [0.15, 0.2) is 47.3 Å². The number of benzene rings is 2. The summed E-state index contributed by atoms with van der Waals surface area (Å²) >= 11 is 0. The summed E-state index contributed by atoms with van der Waals surface area (Å²) in [6.45, 7) is 7.30. The predicted octanol–water partition coefficient (Wildman–Crippen LogP) is 4.50. The van der Waals surface area contributed by atoms with Crippen LogP contribution in [0.5, 0.6) is 0 Å². The van der Waals surface area contributed by atoms with Crippen LogP contribution in [0.3, 0.4) is 0 Å². The van der Waals surface area contributed by atoms with Gasteiger partial charge in [0.1, 0.15) is 16.7 Å². The predicted molar refractivity (Wildman–Crippen MR) is 131 cm³/mol. The van der Waals surface area contributed by atoms with E-state index in [1.165, 1.54) is 0 Å². The summed E-state index contributed by atoms with van der Waals surface area (Å²) in [4.78, 5) is 28.7. The van der Waals surface area contributed by atoms with Crippen molar-refractivity contribution in [3.8, 4) is 5.69 Å². The van der Waals surface area contributed by atoms with Gasteiger partial charge in [0.15, 0.2) is 11.3 Å². The van der Waals surface area contributed by atoms with E-state index in [0.29, 0.717) is 41.8 Å². The summed E-state index contributed by atoms with van der Waals surface area (Å²) in [5.74, 6) is 0.751. The average Bonchev–Trinajstić information content (AvgIpc) is 3.11. The Morgan fingerprint density at radius 2 is 1.64 bits per heavy atom. The van der Waals surface area contributed by atoms with Crippen LogP contribution in [0.2, 0.25) is 0 Å². The first-order valence-electron chi connectivity index (χ1n) is 11.3. The van der Waals surface area contributed by atoms with Gasteiger partial charge in [-0.25, -0.2) is 15.0 Å².